The van der Waals surface area contributed by atoms with Crippen LogP contribution in [0.2, 0.25) is 0 Å². The standard InChI is InChI=1S/C58H115O12P/c1-3-5-7-9-11-13-15-17-19-21-23-25-27-29-31-33-35-37-39-41-43-45-47-52(59)69-51(50-68-71(65,66)70-58-56(63)54(61)53(60)55(62)57(58)64)49-67-48-46-44-42-40-38-36-34-32-30-28-26-24-22-20-18-16-14-12-10-8-6-4-2/h51,53-58,60-64H,3-50H2,1-2H3,(H,65,66). The van der Waals surface area contributed by atoms with Crippen LogP contribution in [0.25, 0.3) is 0 Å². The lowest BCUT2D eigenvalue weighted by Crippen LogP contribution is -2.64. The molecule has 1 rings (SSSR count). The van der Waals surface area contributed by atoms with E-state index >= 15 is 0 Å². The molecule has 0 aliphatic heterocycles. The van der Waals surface area contributed by atoms with Crippen molar-refractivity contribution in [3.8, 4) is 0 Å². The maximum atomic E-state index is 12.9. The molecular weight excluding hydrogens is 920 g/mol. The zero-order chi connectivity index (χ0) is 51.9. The van der Waals surface area contributed by atoms with Crippen molar-refractivity contribution in [2.75, 3.05) is 19.8 Å². The largest absolute Gasteiger partial charge is 0.472 e. The lowest BCUT2D eigenvalue weighted by atomic mass is 9.85. The summed E-state index contributed by atoms with van der Waals surface area (Å²) >= 11 is 0. The van der Waals surface area contributed by atoms with Crippen molar-refractivity contribution >= 4 is 13.8 Å². The molecule has 1 aliphatic carbocycles. The van der Waals surface area contributed by atoms with Gasteiger partial charge in [-0.25, -0.2) is 4.57 Å². The summed E-state index contributed by atoms with van der Waals surface area (Å²) in [6.07, 6.45) is 44.7. The van der Waals surface area contributed by atoms with Crippen molar-refractivity contribution in [2.45, 2.75) is 346 Å². The average molecular weight is 1040 g/mol. The smallest absolute Gasteiger partial charge is 0.457 e. The molecule has 1 saturated carbocycles. The number of esters is 1. The second-order valence-electron chi connectivity index (χ2n) is 21.6. The monoisotopic (exact) mass is 1030 g/mol. The van der Waals surface area contributed by atoms with Crippen molar-refractivity contribution in [1.82, 2.24) is 0 Å². The van der Waals surface area contributed by atoms with Crippen LogP contribution in [0.5, 0.6) is 0 Å². The fourth-order valence-electron chi connectivity index (χ4n) is 9.95. The molecule has 1 fully saturated rings. The van der Waals surface area contributed by atoms with E-state index in [0.29, 0.717) is 13.0 Å². The average Bonchev–Trinajstić information content (AvgIpc) is 3.36. The minimum atomic E-state index is -5.02. The van der Waals surface area contributed by atoms with E-state index in [0.717, 1.165) is 38.5 Å². The Labute approximate surface area is 435 Å². The van der Waals surface area contributed by atoms with Crippen LogP contribution in [-0.2, 0) is 27.9 Å². The van der Waals surface area contributed by atoms with Crippen molar-refractivity contribution in [2.24, 2.45) is 0 Å². The van der Waals surface area contributed by atoms with Crippen molar-refractivity contribution < 1.29 is 58.3 Å². The van der Waals surface area contributed by atoms with Gasteiger partial charge in [0.2, 0.25) is 0 Å². The van der Waals surface area contributed by atoms with Crippen LogP contribution in [-0.4, -0.2) is 98.9 Å². The Bertz CT molecular complexity index is 1180. The van der Waals surface area contributed by atoms with E-state index in [1.165, 1.54) is 238 Å². The van der Waals surface area contributed by atoms with Gasteiger partial charge in [-0.05, 0) is 12.8 Å². The lowest BCUT2D eigenvalue weighted by molar-refractivity contribution is -0.220. The van der Waals surface area contributed by atoms with Crippen molar-refractivity contribution in [3.63, 3.8) is 0 Å². The summed E-state index contributed by atoms with van der Waals surface area (Å²) in [6.45, 7) is 4.35. The fraction of sp³-hybridized carbons (Fsp3) is 0.983. The third-order valence-corrected chi connectivity index (χ3v) is 15.7. The Kier molecular flexibility index (Phi) is 47.1. The number of unbranched alkanes of at least 4 members (excludes halogenated alkanes) is 42. The van der Waals surface area contributed by atoms with E-state index in [2.05, 4.69) is 13.8 Å². The summed E-state index contributed by atoms with van der Waals surface area (Å²) in [5.41, 5.74) is 0. The van der Waals surface area contributed by atoms with Crippen LogP contribution in [0.3, 0.4) is 0 Å². The Morgan fingerprint density at radius 2 is 0.662 bits per heavy atom. The molecule has 0 aromatic carbocycles. The first-order valence-electron chi connectivity index (χ1n) is 30.4. The van der Waals surface area contributed by atoms with Gasteiger partial charge in [0.05, 0.1) is 13.2 Å². The SMILES string of the molecule is CCCCCCCCCCCCCCCCCCCCCCCCOCC(COP(=O)(O)OC1C(O)C(O)C(O)C(O)C1O)OC(=O)CCCCCCCCCCCCCCCCCCCCCCCC. The molecular formula is C58H115O12P. The van der Waals surface area contributed by atoms with Gasteiger partial charge in [0.1, 0.15) is 42.7 Å². The minimum Gasteiger partial charge on any atom is -0.457 e. The highest BCUT2D eigenvalue weighted by atomic mass is 31.2. The van der Waals surface area contributed by atoms with E-state index in [4.69, 9.17) is 18.5 Å². The third-order valence-electron chi connectivity index (χ3n) is 14.7. The topological polar surface area (TPSA) is 192 Å². The zero-order valence-corrected chi connectivity index (χ0v) is 47.0. The number of phosphoric acid groups is 1. The van der Waals surface area contributed by atoms with E-state index in [1.54, 1.807) is 0 Å². The Balaban J connectivity index is 2.24. The molecule has 0 saturated heterocycles. The number of hydrogen-bond donors (Lipinski definition) is 6. The van der Waals surface area contributed by atoms with E-state index in [1.807, 2.05) is 0 Å². The number of phosphoric ester groups is 1. The van der Waals surface area contributed by atoms with Crippen LogP contribution >= 0.6 is 7.82 Å². The number of carbonyl (C=O) groups is 1. The second-order valence-corrected chi connectivity index (χ2v) is 23.0. The molecule has 0 amide bonds. The first-order valence-corrected chi connectivity index (χ1v) is 31.9. The summed E-state index contributed by atoms with van der Waals surface area (Å²) in [7, 11) is -5.02. The highest BCUT2D eigenvalue weighted by Crippen LogP contribution is 2.47. The number of hydrogen-bond acceptors (Lipinski definition) is 11. The number of ether oxygens (including phenoxy) is 2. The van der Waals surface area contributed by atoms with Gasteiger partial charge >= 0.3 is 13.8 Å². The van der Waals surface area contributed by atoms with Crippen LogP contribution < -0.4 is 0 Å². The predicted octanol–water partition coefficient (Wildman–Crippen LogP) is 14.8. The number of aliphatic hydroxyl groups is 5. The highest BCUT2D eigenvalue weighted by molar-refractivity contribution is 7.47. The van der Waals surface area contributed by atoms with Gasteiger partial charge in [0, 0.05) is 13.0 Å². The molecule has 13 heteroatoms. The number of rotatable bonds is 54. The van der Waals surface area contributed by atoms with Crippen LogP contribution in [0.15, 0.2) is 0 Å². The van der Waals surface area contributed by atoms with Gasteiger partial charge in [-0.2, -0.15) is 0 Å². The molecule has 0 aromatic rings. The summed E-state index contributed by atoms with van der Waals surface area (Å²) in [5.74, 6) is -0.466. The molecule has 0 spiro atoms. The van der Waals surface area contributed by atoms with E-state index in [-0.39, 0.29) is 13.0 Å². The zero-order valence-electron chi connectivity index (χ0n) is 46.1. The summed E-state index contributed by atoms with van der Waals surface area (Å²) in [5, 5.41) is 50.5. The predicted molar refractivity (Wildman–Crippen MR) is 290 cm³/mol. The molecule has 71 heavy (non-hydrogen) atoms. The fourth-order valence-corrected chi connectivity index (χ4v) is 10.9. The molecule has 424 valence electrons. The first-order chi connectivity index (χ1) is 34.5. The van der Waals surface area contributed by atoms with Crippen LogP contribution in [0.4, 0.5) is 0 Å². The summed E-state index contributed by atoms with van der Waals surface area (Å²) in [6, 6.07) is 0. The van der Waals surface area contributed by atoms with E-state index in [9.17, 15) is 39.8 Å². The van der Waals surface area contributed by atoms with Gasteiger partial charge < -0.3 is 39.9 Å². The van der Waals surface area contributed by atoms with Crippen LogP contribution in [0.1, 0.15) is 303 Å². The first kappa shape index (κ1) is 68.4. The second kappa shape index (κ2) is 48.9. The normalized spacial score (nSPS) is 20.6. The molecule has 0 radical (unpaired) electrons. The molecule has 0 bridgehead atoms. The lowest BCUT2D eigenvalue weighted by Gasteiger charge is -2.41. The summed E-state index contributed by atoms with van der Waals surface area (Å²) < 4.78 is 34.5. The number of carbonyl (C=O) groups excluding carboxylic acids is 1. The number of aliphatic hydroxyl groups excluding tert-OH is 5. The molecule has 6 N–H and O–H groups in total. The summed E-state index contributed by atoms with van der Waals surface area (Å²) in [4.78, 5) is 23.3. The van der Waals surface area contributed by atoms with Gasteiger partial charge in [0.15, 0.2) is 0 Å². The van der Waals surface area contributed by atoms with Gasteiger partial charge in [0.25, 0.3) is 0 Å². The van der Waals surface area contributed by atoms with Crippen LogP contribution in [0, 0.1) is 0 Å². The Morgan fingerprint density at radius 1 is 0.394 bits per heavy atom. The van der Waals surface area contributed by atoms with Gasteiger partial charge in [-0.15, -0.1) is 0 Å². The van der Waals surface area contributed by atoms with Gasteiger partial charge in [-0.1, -0.05) is 284 Å². The Morgan fingerprint density at radius 3 is 0.972 bits per heavy atom. The Hall–Kier alpha value is -0.660. The molecule has 1 aliphatic rings. The maximum Gasteiger partial charge on any atom is 0.472 e. The van der Waals surface area contributed by atoms with Crippen molar-refractivity contribution in [3.05, 3.63) is 0 Å². The molecule has 6 unspecified atom stereocenters. The van der Waals surface area contributed by atoms with Crippen molar-refractivity contribution in [1.29, 1.82) is 0 Å². The van der Waals surface area contributed by atoms with E-state index < -0.39 is 63.1 Å². The third kappa shape index (κ3) is 40.3. The molecule has 12 nitrogen and oxygen atoms in total. The quantitative estimate of drug-likeness (QED) is 0.0192. The maximum absolute atomic E-state index is 12.9. The van der Waals surface area contributed by atoms with Gasteiger partial charge in [-0.3, -0.25) is 13.8 Å². The highest BCUT2D eigenvalue weighted by Gasteiger charge is 2.51. The minimum absolute atomic E-state index is 0.0668. The molecule has 6 atom stereocenters. The molecule has 0 aromatic heterocycles. The molecule has 0 heterocycles.